The van der Waals surface area contributed by atoms with Gasteiger partial charge >= 0.3 is 0 Å². The first-order valence-corrected chi connectivity index (χ1v) is 10.7. The van der Waals surface area contributed by atoms with Crippen molar-refractivity contribution in [3.8, 4) is 6.07 Å². The summed E-state index contributed by atoms with van der Waals surface area (Å²) >= 11 is 0. The number of hydrogen-bond donors (Lipinski definition) is 1. The average molecular weight is 409 g/mol. The predicted molar refractivity (Wildman–Crippen MR) is 119 cm³/mol. The van der Waals surface area contributed by atoms with E-state index in [1.165, 1.54) is 0 Å². The van der Waals surface area contributed by atoms with E-state index in [4.69, 9.17) is 9.72 Å². The van der Waals surface area contributed by atoms with E-state index >= 15 is 0 Å². The number of nitrogens with one attached hydrogen (secondary N) is 1. The van der Waals surface area contributed by atoms with Gasteiger partial charge in [-0.25, -0.2) is 4.98 Å². The van der Waals surface area contributed by atoms with E-state index < -0.39 is 0 Å². The summed E-state index contributed by atoms with van der Waals surface area (Å²) in [5.41, 5.74) is 1.36. The largest absolute Gasteiger partial charge is 0.474 e. The van der Waals surface area contributed by atoms with Crippen molar-refractivity contribution in [2.24, 2.45) is 0 Å². The molecule has 2 aromatic heterocycles. The zero-order valence-electron chi connectivity index (χ0n) is 18.5. The molecule has 0 amide bonds. The number of pyridine rings is 1. The highest BCUT2D eigenvalue weighted by Crippen LogP contribution is 2.40. The molecule has 0 spiro atoms. The molecule has 1 saturated carbocycles. The van der Waals surface area contributed by atoms with Crippen molar-refractivity contribution in [2.45, 2.75) is 51.3 Å². The maximum atomic E-state index is 9.61. The van der Waals surface area contributed by atoms with Crippen LogP contribution in [0.5, 0.6) is 0 Å². The Bertz CT molecular complexity index is 970. The Hall–Kier alpha value is -2.72. The number of nitrogens with zero attached hydrogens (tertiary/aromatic N) is 5. The highest BCUT2D eigenvalue weighted by Gasteiger charge is 2.36. The summed E-state index contributed by atoms with van der Waals surface area (Å²) in [6, 6.07) is 7.15. The molecule has 160 valence electrons. The molecule has 2 aromatic rings. The van der Waals surface area contributed by atoms with Gasteiger partial charge < -0.3 is 24.4 Å². The van der Waals surface area contributed by atoms with Crippen LogP contribution in [0.3, 0.4) is 0 Å². The lowest BCUT2D eigenvalue weighted by Crippen LogP contribution is -2.44. The normalized spacial score (nSPS) is 21.8. The number of hydrogen-bond acceptors (Lipinski definition) is 6. The van der Waals surface area contributed by atoms with Gasteiger partial charge in [0.05, 0.1) is 5.56 Å². The molecule has 7 heteroatoms. The number of anilines is 1. The fraction of sp³-hybridized carbons (Fsp3) is 0.565. The first-order chi connectivity index (χ1) is 14.3. The quantitative estimate of drug-likeness (QED) is 0.766. The van der Waals surface area contributed by atoms with E-state index in [1.54, 1.807) is 0 Å². The molecule has 1 saturated heterocycles. The van der Waals surface area contributed by atoms with Crippen LogP contribution in [-0.2, 0) is 4.74 Å². The van der Waals surface area contributed by atoms with Crippen LogP contribution < -0.4 is 10.2 Å². The van der Waals surface area contributed by atoms with E-state index in [0.717, 1.165) is 55.9 Å². The third-order valence-electron chi connectivity index (χ3n) is 6.07. The summed E-state index contributed by atoms with van der Waals surface area (Å²) in [6.45, 7) is 14.1. The monoisotopic (exact) mass is 408 g/mol. The minimum Gasteiger partial charge on any atom is -0.474 e. The van der Waals surface area contributed by atoms with Gasteiger partial charge in [-0.05, 0) is 52.3 Å². The Labute approximate surface area is 178 Å². The molecule has 3 heterocycles. The molecule has 0 atom stereocenters. The summed E-state index contributed by atoms with van der Waals surface area (Å²) in [6.07, 6.45) is 3.94. The maximum Gasteiger partial charge on any atom is 0.182 e. The first-order valence-electron chi connectivity index (χ1n) is 10.7. The van der Waals surface area contributed by atoms with Gasteiger partial charge in [-0.3, -0.25) is 0 Å². The van der Waals surface area contributed by atoms with Crippen LogP contribution in [-0.4, -0.2) is 59.3 Å². The summed E-state index contributed by atoms with van der Waals surface area (Å²) in [5, 5.41) is 13.9. The molecular formula is C23H32N6O. The molecule has 1 aliphatic carbocycles. The van der Waals surface area contributed by atoms with Gasteiger partial charge in [-0.15, -0.1) is 0 Å². The Balaban J connectivity index is 1.53. The van der Waals surface area contributed by atoms with Gasteiger partial charge in [0.25, 0.3) is 0 Å². The van der Waals surface area contributed by atoms with Crippen molar-refractivity contribution >= 4 is 16.9 Å². The van der Waals surface area contributed by atoms with Crippen molar-refractivity contribution in [3.05, 3.63) is 36.4 Å². The smallest absolute Gasteiger partial charge is 0.182 e. The van der Waals surface area contributed by atoms with Crippen LogP contribution in [0.15, 0.2) is 30.8 Å². The summed E-state index contributed by atoms with van der Waals surface area (Å²) in [7, 11) is 2.05. The van der Waals surface area contributed by atoms with Gasteiger partial charge in [-0.1, -0.05) is 0 Å². The van der Waals surface area contributed by atoms with Crippen LogP contribution in [0.4, 0.5) is 5.82 Å². The molecule has 7 nitrogen and oxygen atoms in total. The van der Waals surface area contributed by atoms with Crippen LogP contribution in [0.1, 0.15) is 45.2 Å². The predicted octanol–water partition coefficient (Wildman–Crippen LogP) is 3.24. The topological polar surface area (TPSA) is 69.3 Å². The van der Waals surface area contributed by atoms with Gasteiger partial charge in [0.15, 0.2) is 5.88 Å². The Morgan fingerprint density at radius 3 is 2.63 bits per heavy atom. The van der Waals surface area contributed by atoms with Crippen molar-refractivity contribution < 1.29 is 4.74 Å². The molecule has 2 fully saturated rings. The third kappa shape index (κ3) is 3.97. The lowest BCUT2D eigenvalue weighted by molar-refractivity contribution is -0.0175. The Kier molecular flexibility index (Phi) is 5.37. The third-order valence-corrected chi connectivity index (χ3v) is 6.07. The molecule has 0 aromatic carbocycles. The first kappa shape index (κ1) is 20.5. The maximum absolute atomic E-state index is 9.61. The molecule has 30 heavy (non-hydrogen) atoms. The molecule has 0 bridgehead atoms. The summed E-state index contributed by atoms with van der Waals surface area (Å²) < 4.78 is 8.14. The van der Waals surface area contributed by atoms with Crippen molar-refractivity contribution in [3.63, 3.8) is 0 Å². The lowest BCUT2D eigenvalue weighted by atomic mass is 9.85. The van der Waals surface area contributed by atoms with Gasteiger partial charge in [0.1, 0.15) is 23.1 Å². The zero-order valence-corrected chi connectivity index (χ0v) is 18.5. The standard InChI is InChI=1S/C23H32N6O/c1-16(30-23(2,3)4)27(5)18-12-19(13-18)29-15-17(14-24)20-6-7-21(26-22(20)29)28-10-8-25-9-11-28/h6-7,15,18-19,25H,1,8-13H2,2-5H3/t18-,19-. The van der Waals surface area contributed by atoms with E-state index in [1.807, 2.05) is 40.1 Å². The number of ether oxygens (including phenoxy) is 1. The minimum absolute atomic E-state index is 0.253. The van der Waals surface area contributed by atoms with Gasteiger partial charge in [0.2, 0.25) is 0 Å². The lowest BCUT2D eigenvalue weighted by Gasteiger charge is -2.44. The van der Waals surface area contributed by atoms with E-state index in [-0.39, 0.29) is 5.60 Å². The number of aromatic nitrogens is 2. The molecular weight excluding hydrogens is 376 g/mol. The second kappa shape index (κ2) is 7.84. The number of nitriles is 1. The number of fused-ring (bicyclic) bond motifs is 1. The van der Waals surface area contributed by atoms with Crippen LogP contribution in [0.2, 0.25) is 0 Å². The molecule has 2 aliphatic rings. The summed E-state index contributed by atoms with van der Waals surface area (Å²) in [4.78, 5) is 9.43. The SMILES string of the molecule is C=C(OC(C)(C)C)N(C)[C@H]1C[C@H](n2cc(C#N)c3ccc(N4CCNCC4)nc32)C1. The van der Waals surface area contributed by atoms with Crippen LogP contribution in [0, 0.1) is 11.3 Å². The van der Waals surface area contributed by atoms with Gasteiger partial charge in [-0.2, -0.15) is 5.26 Å². The van der Waals surface area contributed by atoms with Crippen molar-refractivity contribution in [1.82, 2.24) is 19.8 Å². The van der Waals surface area contributed by atoms with Crippen LogP contribution >= 0.6 is 0 Å². The Morgan fingerprint density at radius 1 is 1.30 bits per heavy atom. The molecule has 0 radical (unpaired) electrons. The second-order valence-electron chi connectivity index (χ2n) is 9.34. The number of piperazine rings is 1. The fourth-order valence-corrected chi connectivity index (χ4v) is 4.28. The molecule has 4 rings (SSSR count). The summed E-state index contributed by atoms with van der Waals surface area (Å²) in [5.74, 6) is 1.70. The van der Waals surface area contributed by atoms with Crippen LogP contribution in [0.25, 0.3) is 11.0 Å². The van der Waals surface area contributed by atoms with Crippen molar-refractivity contribution in [2.75, 3.05) is 38.1 Å². The molecule has 1 aliphatic heterocycles. The fourth-order valence-electron chi connectivity index (χ4n) is 4.28. The minimum atomic E-state index is -0.253. The van der Waals surface area contributed by atoms with E-state index in [0.29, 0.717) is 23.5 Å². The molecule has 0 unspecified atom stereocenters. The highest BCUT2D eigenvalue weighted by molar-refractivity contribution is 5.85. The average Bonchev–Trinajstić information content (AvgIpc) is 3.04. The number of rotatable bonds is 5. The second-order valence-corrected chi connectivity index (χ2v) is 9.34. The Morgan fingerprint density at radius 2 is 2.00 bits per heavy atom. The molecule has 1 N–H and O–H groups in total. The zero-order chi connectivity index (χ0) is 21.5. The van der Waals surface area contributed by atoms with Gasteiger partial charge in [0, 0.05) is 56.9 Å². The van der Waals surface area contributed by atoms with Crippen molar-refractivity contribution in [1.29, 1.82) is 5.26 Å². The van der Waals surface area contributed by atoms with E-state index in [2.05, 4.69) is 38.4 Å². The highest BCUT2D eigenvalue weighted by atomic mass is 16.5. The van der Waals surface area contributed by atoms with E-state index in [9.17, 15) is 5.26 Å².